The van der Waals surface area contributed by atoms with Crippen LogP contribution in [-0.2, 0) is 54.4 Å². The van der Waals surface area contributed by atoms with Crippen molar-refractivity contribution in [2.24, 2.45) is 11.5 Å². The molecule has 0 radical (unpaired) electrons. The third-order valence-electron chi connectivity index (χ3n) is 8.31. The van der Waals surface area contributed by atoms with Gasteiger partial charge in [0, 0.05) is 13.0 Å². The molecule has 56 heavy (non-hydrogen) atoms. The largest absolute Gasteiger partial charge is 0.481 e. The topological polar surface area (TPSA) is 379 Å². The molecule has 1 saturated heterocycles. The van der Waals surface area contributed by atoms with E-state index in [2.05, 4.69) is 31.9 Å². The van der Waals surface area contributed by atoms with E-state index < -0.39 is 134 Å². The van der Waals surface area contributed by atoms with E-state index >= 15 is 0 Å². The maximum absolute atomic E-state index is 13.6. The van der Waals surface area contributed by atoms with Gasteiger partial charge in [-0.1, -0.05) is 30.3 Å². The second kappa shape index (κ2) is 22.2. The molecule has 7 atom stereocenters. The lowest BCUT2D eigenvalue weighted by Gasteiger charge is -2.28. The van der Waals surface area contributed by atoms with E-state index in [1.807, 2.05) is 0 Å². The second-order valence-electron chi connectivity index (χ2n) is 12.7. The average molecular weight is 794 g/mol. The number of nitrogens with one attached hydrogen (secondary N) is 6. The van der Waals surface area contributed by atoms with Crippen molar-refractivity contribution in [2.75, 3.05) is 26.3 Å². The van der Waals surface area contributed by atoms with Gasteiger partial charge in [0.05, 0.1) is 38.6 Å². The number of aliphatic hydroxyl groups is 2. The predicted molar refractivity (Wildman–Crippen MR) is 189 cm³/mol. The van der Waals surface area contributed by atoms with Crippen LogP contribution in [0.25, 0.3) is 0 Å². The molecule has 0 saturated carbocycles. The Kier molecular flexibility index (Phi) is 18.3. The first-order chi connectivity index (χ1) is 26.4. The number of aliphatic carboxylic acids is 2. The molecule has 0 aliphatic carbocycles. The first-order valence-electron chi connectivity index (χ1n) is 17.2. The van der Waals surface area contributed by atoms with Crippen molar-refractivity contribution < 1.29 is 68.4 Å². The van der Waals surface area contributed by atoms with Gasteiger partial charge in [-0.25, -0.2) is 4.79 Å². The van der Waals surface area contributed by atoms with Crippen molar-refractivity contribution in [3.8, 4) is 0 Å². The molecule has 1 aliphatic heterocycles. The van der Waals surface area contributed by atoms with E-state index in [1.54, 1.807) is 30.3 Å². The van der Waals surface area contributed by atoms with Crippen molar-refractivity contribution in [2.45, 2.75) is 81.3 Å². The van der Waals surface area contributed by atoms with Crippen LogP contribution in [0.5, 0.6) is 0 Å². The molecule has 1 fully saturated rings. The molecule has 8 amide bonds. The minimum Gasteiger partial charge on any atom is -0.481 e. The van der Waals surface area contributed by atoms with Crippen LogP contribution in [0.2, 0.25) is 0 Å². The lowest BCUT2D eigenvalue weighted by molar-refractivity contribution is -0.150. The fourth-order valence-electron chi connectivity index (χ4n) is 5.39. The van der Waals surface area contributed by atoms with Crippen LogP contribution >= 0.6 is 0 Å². The highest BCUT2D eigenvalue weighted by atomic mass is 16.4. The van der Waals surface area contributed by atoms with E-state index in [4.69, 9.17) is 11.5 Å². The Morgan fingerprint density at radius 3 is 1.88 bits per heavy atom. The molecule has 0 spiro atoms. The van der Waals surface area contributed by atoms with Crippen LogP contribution in [0.3, 0.4) is 0 Å². The Morgan fingerprint density at radius 2 is 1.30 bits per heavy atom. The van der Waals surface area contributed by atoms with Crippen molar-refractivity contribution >= 4 is 59.2 Å². The fourth-order valence-corrected chi connectivity index (χ4v) is 5.39. The Morgan fingerprint density at radius 1 is 0.750 bits per heavy atom. The lowest BCUT2D eigenvalue weighted by Crippen LogP contribution is -2.59. The highest BCUT2D eigenvalue weighted by Gasteiger charge is 2.39. The number of rotatable bonds is 22. The number of amides is 8. The minimum absolute atomic E-state index is 0.0120. The van der Waals surface area contributed by atoms with Gasteiger partial charge < -0.3 is 68.7 Å². The summed E-state index contributed by atoms with van der Waals surface area (Å²) in [6.07, 6.45) is -1.20. The number of carboxylic acid groups (broad SMARTS) is 2. The number of aliphatic hydroxyl groups excluding tert-OH is 2. The van der Waals surface area contributed by atoms with Crippen molar-refractivity contribution in [1.82, 2.24) is 36.8 Å². The number of carbonyl (C=O) groups is 10. The first-order valence-corrected chi connectivity index (χ1v) is 17.2. The van der Waals surface area contributed by atoms with E-state index in [-0.39, 0.29) is 19.4 Å². The summed E-state index contributed by atoms with van der Waals surface area (Å²) in [5.41, 5.74) is 11.0. The third kappa shape index (κ3) is 14.6. The summed E-state index contributed by atoms with van der Waals surface area (Å²) >= 11 is 0. The predicted octanol–water partition coefficient (Wildman–Crippen LogP) is -6.47. The highest BCUT2D eigenvalue weighted by molar-refractivity contribution is 5.98. The molecule has 23 heteroatoms. The summed E-state index contributed by atoms with van der Waals surface area (Å²) in [6, 6.07) is -2.32. The van der Waals surface area contributed by atoms with Crippen molar-refractivity contribution in [3.63, 3.8) is 0 Å². The van der Waals surface area contributed by atoms with Crippen LogP contribution < -0.4 is 43.4 Å². The molecule has 0 unspecified atom stereocenters. The van der Waals surface area contributed by atoms with E-state index in [9.17, 15) is 68.4 Å². The number of hydrogen-bond donors (Lipinski definition) is 12. The maximum Gasteiger partial charge on any atom is 0.326 e. The number of nitrogens with zero attached hydrogens (tertiary/aromatic N) is 1. The average Bonchev–Trinajstić information content (AvgIpc) is 3.64. The Hall–Kier alpha value is -6.20. The highest BCUT2D eigenvalue weighted by Crippen LogP contribution is 2.19. The molecule has 0 bridgehead atoms. The molecule has 23 nitrogen and oxygen atoms in total. The molecule has 1 aromatic rings. The van der Waals surface area contributed by atoms with Gasteiger partial charge in [0.2, 0.25) is 47.3 Å². The fraction of sp³-hybridized carbons (Fsp3) is 0.515. The van der Waals surface area contributed by atoms with Crippen molar-refractivity contribution in [1.29, 1.82) is 0 Å². The van der Waals surface area contributed by atoms with Crippen LogP contribution in [0.15, 0.2) is 30.3 Å². The van der Waals surface area contributed by atoms with Crippen LogP contribution in [0.1, 0.15) is 38.2 Å². The first kappa shape index (κ1) is 46.0. The molecule has 1 heterocycles. The van der Waals surface area contributed by atoms with E-state index in [0.717, 1.165) is 4.90 Å². The van der Waals surface area contributed by atoms with E-state index in [0.29, 0.717) is 12.0 Å². The zero-order valence-corrected chi connectivity index (χ0v) is 30.3. The minimum atomic E-state index is -1.71. The monoisotopic (exact) mass is 793 g/mol. The van der Waals surface area contributed by atoms with Crippen LogP contribution in [0.4, 0.5) is 0 Å². The number of carboxylic acids is 2. The van der Waals surface area contributed by atoms with Gasteiger partial charge >= 0.3 is 11.9 Å². The Bertz CT molecular complexity index is 1630. The molecule has 1 aliphatic rings. The number of carbonyl (C=O) groups excluding carboxylic acids is 8. The van der Waals surface area contributed by atoms with Gasteiger partial charge in [-0.05, 0) is 25.3 Å². The molecule has 0 aromatic heterocycles. The number of benzene rings is 1. The molecular formula is C33H47N9O14. The number of nitrogens with two attached hydrogens (primary N) is 2. The summed E-state index contributed by atoms with van der Waals surface area (Å²) in [4.78, 5) is 125. The SMILES string of the molecule is C[C@H](NC(=O)[C@H](CO)NC(=O)[C@@H](N)CC(N)=O)C(=O)NCC(=O)N[C@@H](CO)C(=O)N[C@@H](Cc1ccccc1)C(=O)N[C@@H](CC(=O)O)C(=O)N1CCC[C@H]1C(=O)O. The summed E-state index contributed by atoms with van der Waals surface area (Å²) in [5.74, 6) is -10.7. The number of primary amides is 1. The van der Waals surface area contributed by atoms with Gasteiger partial charge in [0.25, 0.3) is 0 Å². The second-order valence-corrected chi connectivity index (χ2v) is 12.7. The third-order valence-corrected chi connectivity index (χ3v) is 8.31. The van der Waals surface area contributed by atoms with Crippen LogP contribution in [-0.4, -0.2) is 153 Å². The molecule has 14 N–H and O–H groups in total. The number of likely N-dealkylation sites (tertiary alicyclic amines) is 1. The molecule has 1 aromatic carbocycles. The zero-order chi connectivity index (χ0) is 42.1. The summed E-state index contributed by atoms with van der Waals surface area (Å²) in [5, 5.41) is 51.7. The number of hydrogen-bond acceptors (Lipinski definition) is 13. The molecule has 308 valence electrons. The normalized spacial score (nSPS) is 16.7. The lowest BCUT2D eigenvalue weighted by atomic mass is 10.0. The van der Waals surface area contributed by atoms with Gasteiger partial charge in [0.1, 0.15) is 36.3 Å². The standard InChI is InChI=1S/C33H47N9O14/c1-16(37-30(52)22(15-44)41-28(50)18(34)11-24(35)45)27(49)36-13-25(46)38-21(14-43)31(53)39-19(10-17-6-3-2-4-7-17)29(51)40-20(12-26(47)48)32(54)42-9-5-8-23(42)33(55)56/h2-4,6-7,16,18-23,43-44H,5,8-15,34H2,1H3,(H2,35,45)(H,36,49)(H,37,52)(H,38,46)(H,39,53)(H,40,51)(H,41,50)(H,47,48)(H,55,56)/t16-,18-,19-,20-,21-,22-,23-/m0/s1. The maximum atomic E-state index is 13.6. The zero-order valence-electron chi connectivity index (χ0n) is 30.3. The summed E-state index contributed by atoms with van der Waals surface area (Å²) < 4.78 is 0. The summed E-state index contributed by atoms with van der Waals surface area (Å²) in [6.45, 7) is -1.49. The van der Waals surface area contributed by atoms with Gasteiger partial charge in [-0.15, -0.1) is 0 Å². The Labute approximate surface area is 319 Å². The summed E-state index contributed by atoms with van der Waals surface area (Å²) in [7, 11) is 0. The molecular weight excluding hydrogens is 746 g/mol. The van der Waals surface area contributed by atoms with Crippen molar-refractivity contribution in [3.05, 3.63) is 35.9 Å². The van der Waals surface area contributed by atoms with Gasteiger partial charge in [0.15, 0.2) is 0 Å². The smallest absolute Gasteiger partial charge is 0.326 e. The van der Waals surface area contributed by atoms with Crippen LogP contribution in [0, 0.1) is 0 Å². The molecule has 2 rings (SSSR count). The van der Waals surface area contributed by atoms with Gasteiger partial charge in [-0.2, -0.15) is 0 Å². The Balaban J connectivity index is 2.07. The van der Waals surface area contributed by atoms with Gasteiger partial charge in [-0.3, -0.25) is 43.2 Å². The van der Waals surface area contributed by atoms with E-state index in [1.165, 1.54) is 6.92 Å². The quantitative estimate of drug-likeness (QED) is 0.0519.